The smallest absolute Gasteiger partial charge is 0.407 e. The number of carbonyl (C=O) groups excluding carboxylic acids is 1. The molecule has 2 aromatic heterocycles. The van der Waals surface area contributed by atoms with Gasteiger partial charge in [0, 0.05) is 19.2 Å². The highest BCUT2D eigenvalue weighted by atomic mass is 19.1. The molecule has 0 aliphatic heterocycles. The number of rotatable bonds is 5. The van der Waals surface area contributed by atoms with E-state index in [-0.39, 0.29) is 5.82 Å². The van der Waals surface area contributed by atoms with Crippen molar-refractivity contribution in [1.82, 2.24) is 20.1 Å². The molecule has 0 radical (unpaired) electrons. The van der Waals surface area contributed by atoms with Crippen molar-refractivity contribution in [3.63, 3.8) is 0 Å². The predicted molar refractivity (Wildman–Crippen MR) is 70.0 cm³/mol. The first-order valence-corrected chi connectivity index (χ1v) is 6.26. The van der Waals surface area contributed by atoms with Gasteiger partial charge in [0.15, 0.2) is 5.82 Å². The summed E-state index contributed by atoms with van der Waals surface area (Å²) in [5.74, 6) is 0.149. The minimum absolute atomic E-state index is 0.344. The van der Waals surface area contributed by atoms with Crippen molar-refractivity contribution < 1.29 is 13.9 Å². The van der Waals surface area contributed by atoms with Gasteiger partial charge < -0.3 is 10.1 Å². The lowest BCUT2D eigenvalue weighted by molar-refractivity contribution is 0.152. The summed E-state index contributed by atoms with van der Waals surface area (Å²) in [7, 11) is 0. The SMILES string of the molecule is CCOC(=O)NCCc1ccn(-c2ccc(F)cn2)n1. The predicted octanol–water partition coefficient (Wildman–Crippen LogP) is 1.70. The average molecular weight is 278 g/mol. The number of alkyl carbamates (subject to hydrolysis) is 1. The lowest BCUT2D eigenvalue weighted by atomic mass is 10.3. The summed E-state index contributed by atoms with van der Waals surface area (Å²) in [6, 6.07) is 4.69. The van der Waals surface area contributed by atoms with Crippen LogP contribution in [0.25, 0.3) is 5.82 Å². The Bertz CT molecular complexity index is 568. The maximum absolute atomic E-state index is 12.8. The lowest BCUT2D eigenvalue weighted by Gasteiger charge is -2.03. The maximum Gasteiger partial charge on any atom is 0.407 e. The van der Waals surface area contributed by atoms with Crippen LogP contribution in [0.15, 0.2) is 30.6 Å². The Balaban J connectivity index is 1.89. The summed E-state index contributed by atoms with van der Waals surface area (Å²) in [6.45, 7) is 2.53. The van der Waals surface area contributed by atoms with E-state index in [4.69, 9.17) is 4.74 Å². The molecule has 7 heteroatoms. The van der Waals surface area contributed by atoms with E-state index in [0.717, 1.165) is 11.9 Å². The number of pyridine rings is 1. The van der Waals surface area contributed by atoms with Crippen molar-refractivity contribution in [2.24, 2.45) is 0 Å². The second-order valence-electron chi connectivity index (χ2n) is 3.98. The molecule has 0 atom stereocenters. The standard InChI is InChI=1S/C13H15FN4O2/c1-2-20-13(19)15-7-5-11-6-8-18(17-11)12-4-3-10(14)9-16-12/h3-4,6,8-9H,2,5,7H2,1H3,(H,15,19). The quantitative estimate of drug-likeness (QED) is 0.903. The molecular weight excluding hydrogens is 263 g/mol. The van der Waals surface area contributed by atoms with Gasteiger partial charge in [0.1, 0.15) is 5.82 Å². The van der Waals surface area contributed by atoms with Gasteiger partial charge in [-0.25, -0.2) is 18.9 Å². The summed E-state index contributed by atoms with van der Waals surface area (Å²) in [5, 5.41) is 6.91. The zero-order valence-corrected chi connectivity index (χ0v) is 11.0. The van der Waals surface area contributed by atoms with Crippen LogP contribution in [0.4, 0.5) is 9.18 Å². The molecule has 0 bridgehead atoms. The summed E-state index contributed by atoms with van der Waals surface area (Å²) in [6.07, 6.45) is 3.01. The van der Waals surface area contributed by atoms with Crippen LogP contribution < -0.4 is 5.32 Å². The molecule has 1 N–H and O–H groups in total. The Kier molecular flexibility index (Phi) is 4.65. The van der Waals surface area contributed by atoms with Crippen molar-refractivity contribution >= 4 is 6.09 Å². The molecule has 0 unspecified atom stereocenters. The number of aromatic nitrogens is 3. The molecule has 106 valence electrons. The van der Waals surface area contributed by atoms with E-state index in [1.54, 1.807) is 23.9 Å². The normalized spacial score (nSPS) is 10.3. The molecule has 0 fully saturated rings. The average Bonchev–Trinajstić information content (AvgIpc) is 2.89. The van der Waals surface area contributed by atoms with Gasteiger partial charge in [-0.15, -0.1) is 0 Å². The third-order valence-electron chi connectivity index (χ3n) is 2.52. The molecule has 0 saturated carbocycles. The zero-order chi connectivity index (χ0) is 14.4. The Morgan fingerprint density at radius 3 is 3.00 bits per heavy atom. The Morgan fingerprint density at radius 1 is 1.45 bits per heavy atom. The highest BCUT2D eigenvalue weighted by molar-refractivity contribution is 5.66. The van der Waals surface area contributed by atoms with Gasteiger partial charge in [0.05, 0.1) is 18.5 Å². The first kappa shape index (κ1) is 14.0. The van der Waals surface area contributed by atoms with Crippen molar-refractivity contribution in [2.45, 2.75) is 13.3 Å². The van der Waals surface area contributed by atoms with Gasteiger partial charge in [0.2, 0.25) is 0 Å². The largest absolute Gasteiger partial charge is 0.450 e. The molecule has 0 saturated heterocycles. The molecule has 2 heterocycles. The van der Waals surface area contributed by atoms with Crippen LogP contribution in [0.2, 0.25) is 0 Å². The highest BCUT2D eigenvalue weighted by Crippen LogP contribution is 2.05. The number of hydrogen-bond donors (Lipinski definition) is 1. The lowest BCUT2D eigenvalue weighted by Crippen LogP contribution is -2.26. The summed E-state index contributed by atoms with van der Waals surface area (Å²) in [5.41, 5.74) is 0.799. The van der Waals surface area contributed by atoms with Crippen LogP contribution >= 0.6 is 0 Å². The number of nitrogens with one attached hydrogen (secondary N) is 1. The van der Waals surface area contributed by atoms with Crippen molar-refractivity contribution in [1.29, 1.82) is 0 Å². The van der Waals surface area contributed by atoms with E-state index in [9.17, 15) is 9.18 Å². The van der Waals surface area contributed by atoms with Gasteiger partial charge in [-0.3, -0.25) is 0 Å². The van der Waals surface area contributed by atoms with Crippen LogP contribution in [-0.2, 0) is 11.2 Å². The Morgan fingerprint density at radius 2 is 2.30 bits per heavy atom. The van der Waals surface area contributed by atoms with Crippen molar-refractivity contribution in [2.75, 3.05) is 13.2 Å². The number of nitrogens with zero attached hydrogens (tertiary/aromatic N) is 3. The van der Waals surface area contributed by atoms with E-state index < -0.39 is 6.09 Å². The van der Waals surface area contributed by atoms with E-state index in [1.807, 2.05) is 6.07 Å². The number of ether oxygens (including phenoxy) is 1. The molecular formula is C13H15FN4O2. The monoisotopic (exact) mass is 278 g/mol. The highest BCUT2D eigenvalue weighted by Gasteiger charge is 2.04. The number of amides is 1. The molecule has 0 spiro atoms. The van der Waals surface area contributed by atoms with Gasteiger partial charge in [-0.2, -0.15) is 5.10 Å². The Labute approximate surface area is 115 Å². The second-order valence-corrected chi connectivity index (χ2v) is 3.98. The second kappa shape index (κ2) is 6.65. The molecule has 0 aliphatic carbocycles. The molecule has 0 aliphatic rings. The fraction of sp³-hybridized carbons (Fsp3) is 0.308. The van der Waals surface area contributed by atoms with Gasteiger partial charge in [-0.1, -0.05) is 0 Å². The van der Waals surface area contributed by atoms with Crippen molar-refractivity contribution in [3.8, 4) is 5.82 Å². The summed E-state index contributed by atoms with van der Waals surface area (Å²) >= 11 is 0. The van der Waals surface area contributed by atoms with E-state index >= 15 is 0 Å². The van der Waals surface area contributed by atoms with Gasteiger partial charge in [0.25, 0.3) is 0 Å². The van der Waals surface area contributed by atoms with Crippen LogP contribution in [0.3, 0.4) is 0 Å². The Hall–Kier alpha value is -2.44. The topological polar surface area (TPSA) is 69.0 Å². The van der Waals surface area contributed by atoms with Gasteiger partial charge >= 0.3 is 6.09 Å². The van der Waals surface area contributed by atoms with Crippen LogP contribution in [0, 0.1) is 5.82 Å². The molecule has 1 amide bonds. The third kappa shape index (κ3) is 3.78. The fourth-order valence-electron chi connectivity index (χ4n) is 1.60. The minimum Gasteiger partial charge on any atom is -0.450 e. The maximum atomic E-state index is 12.8. The van der Waals surface area contributed by atoms with E-state index in [1.165, 1.54) is 6.07 Å². The number of hydrogen-bond acceptors (Lipinski definition) is 4. The molecule has 0 aromatic carbocycles. The zero-order valence-electron chi connectivity index (χ0n) is 11.0. The summed E-state index contributed by atoms with van der Waals surface area (Å²) < 4.78 is 19.1. The summed E-state index contributed by atoms with van der Waals surface area (Å²) in [4.78, 5) is 15.0. The fourth-order valence-corrected chi connectivity index (χ4v) is 1.60. The van der Waals surface area contributed by atoms with E-state index in [2.05, 4.69) is 15.4 Å². The number of carbonyl (C=O) groups is 1. The molecule has 6 nitrogen and oxygen atoms in total. The van der Waals surface area contributed by atoms with Crippen LogP contribution in [0.5, 0.6) is 0 Å². The minimum atomic E-state index is -0.438. The third-order valence-corrected chi connectivity index (χ3v) is 2.52. The molecule has 2 aromatic rings. The van der Waals surface area contributed by atoms with Crippen LogP contribution in [-0.4, -0.2) is 34.0 Å². The van der Waals surface area contributed by atoms with Crippen LogP contribution in [0.1, 0.15) is 12.6 Å². The van der Waals surface area contributed by atoms with Crippen molar-refractivity contribution in [3.05, 3.63) is 42.1 Å². The first-order chi connectivity index (χ1) is 9.69. The van der Waals surface area contributed by atoms with Gasteiger partial charge in [-0.05, 0) is 25.1 Å². The van der Waals surface area contributed by atoms with E-state index in [0.29, 0.717) is 25.4 Å². The molecule has 20 heavy (non-hydrogen) atoms. The first-order valence-electron chi connectivity index (χ1n) is 6.26. The molecule has 2 rings (SSSR count). The number of halogens is 1.